The molecule has 4 rings (SSSR count). The molecule has 1 saturated carbocycles. The fourth-order valence-corrected chi connectivity index (χ4v) is 5.32. The summed E-state index contributed by atoms with van der Waals surface area (Å²) in [4.78, 5) is 31.5. The summed E-state index contributed by atoms with van der Waals surface area (Å²) in [6, 6.07) is 9.52. The van der Waals surface area contributed by atoms with Crippen LogP contribution in [0.4, 0.5) is 13.2 Å². The number of pyridine rings is 1. The van der Waals surface area contributed by atoms with Crippen molar-refractivity contribution in [2.75, 3.05) is 26.2 Å². The van der Waals surface area contributed by atoms with Gasteiger partial charge in [0, 0.05) is 37.5 Å². The number of halogens is 3. The van der Waals surface area contributed by atoms with Crippen LogP contribution in [0.15, 0.2) is 48.7 Å². The Balaban J connectivity index is 1.30. The van der Waals surface area contributed by atoms with E-state index < -0.39 is 29.2 Å². The molecule has 11 heteroatoms. The van der Waals surface area contributed by atoms with Crippen molar-refractivity contribution in [3.63, 3.8) is 0 Å². The molecule has 1 aliphatic heterocycles. The number of nitrogens with one attached hydrogen (secondary N) is 2. The van der Waals surface area contributed by atoms with E-state index in [0.717, 1.165) is 31.0 Å². The molecule has 38 heavy (non-hydrogen) atoms. The minimum atomic E-state index is -4.56. The Hall–Kier alpha value is -3.02. The van der Waals surface area contributed by atoms with Crippen LogP contribution in [-0.2, 0) is 21.3 Å². The lowest BCUT2D eigenvalue weighted by molar-refractivity contribution is -0.137. The van der Waals surface area contributed by atoms with Crippen LogP contribution in [0, 0.1) is 0 Å². The summed E-state index contributed by atoms with van der Waals surface area (Å²) in [5.41, 5.74) is -1.36. The van der Waals surface area contributed by atoms with E-state index in [2.05, 4.69) is 20.5 Å². The average Bonchev–Trinajstić information content (AvgIpc) is 3.30. The number of benzene rings is 1. The van der Waals surface area contributed by atoms with Crippen molar-refractivity contribution >= 4 is 11.8 Å². The summed E-state index contributed by atoms with van der Waals surface area (Å²) < 4.78 is 44.7. The molecule has 1 aromatic heterocycles. The molecule has 1 aliphatic carbocycles. The summed E-state index contributed by atoms with van der Waals surface area (Å²) in [7, 11) is 0. The number of ether oxygens (including phenoxy) is 1. The second kappa shape index (κ2) is 11.8. The minimum Gasteiger partial charge on any atom is -0.384 e. The third kappa shape index (κ3) is 6.69. The van der Waals surface area contributed by atoms with E-state index in [9.17, 15) is 27.9 Å². The van der Waals surface area contributed by atoms with E-state index in [1.54, 1.807) is 6.20 Å². The van der Waals surface area contributed by atoms with Crippen molar-refractivity contribution in [3.8, 4) is 0 Å². The molecule has 2 aromatic rings. The summed E-state index contributed by atoms with van der Waals surface area (Å²) >= 11 is 0. The molecule has 0 spiro atoms. The highest BCUT2D eigenvalue weighted by atomic mass is 19.4. The first-order chi connectivity index (χ1) is 18.1. The van der Waals surface area contributed by atoms with Crippen LogP contribution >= 0.6 is 0 Å². The molecule has 2 heterocycles. The van der Waals surface area contributed by atoms with Gasteiger partial charge in [-0.1, -0.05) is 12.1 Å². The second-order valence-corrected chi connectivity index (χ2v) is 9.86. The normalized spacial score (nSPS) is 26.2. The highest BCUT2D eigenvalue weighted by Gasteiger charge is 2.42. The Morgan fingerprint density at radius 1 is 1.16 bits per heavy atom. The summed E-state index contributed by atoms with van der Waals surface area (Å²) in [5, 5.41) is 16.4. The molecule has 1 aromatic carbocycles. The molecule has 8 nitrogen and oxygen atoms in total. The summed E-state index contributed by atoms with van der Waals surface area (Å²) in [6.45, 7) is 3.17. The summed E-state index contributed by atoms with van der Waals surface area (Å²) in [5.74, 6) is -1.21. The SMILES string of the molecule is CCO[C@H]1CN(C2CCC(O)(c3ccccn3)CC2)C[C@@H]1NC(=O)CNC(=O)c1cccc(C(F)(F)F)c1. The van der Waals surface area contributed by atoms with Gasteiger partial charge in [0.1, 0.15) is 5.60 Å². The topological polar surface area (TPSA) is 104 Å². The third-order valence-corrected chi connectivity index (χ3v) is 7.32. The maximum Gasteiger partial charge on any atom is 0.416 e. The maximum absolute atomic E-state index is 12.9. The van der Waals surface area contributed by atoms with Gasteiger partial charge in [0.05, 0.1) is 29.9 Å². The molecule has 2 amide bonds. The molecule has 1 saturated heterocycles. The molecule has 2 fully saturated rings. The summed E-state index contributed by atoms with van der Waals surface area (Å²) in [6.07, 6.45) is -0.390. The van der Waals surface area contributed by atoms with Crippen LogP contribution in [0.1, 0.15) is 54.2 Å². The molecule has 2 aliphatic rings. The lowest BCUT2D eigenvalue weighted by Gasteiger charge is -2.39. The van der Waals surface area contributed by atoms with Crippen molar-refractivity contribution in [1.29, 1.82) is 0 Å². The number of hydrogen-bond donors (Lipinski definition) is 3. The number of amides is 2. The van der Waals surface area contributed by atoms with Gasteiger partial charge in [-0.2, -0.15) is 13.2 Å². The molecule has 206 valence electrons. The number of carbonyl (C=O) groups is 2. The van der Waals surface area contributed by atoms with Gasteiger partial charge in [-0.05, 0) is 62.9 Å². The van der Waals surface area contributed by atoms with Gasteiger partial charge in [0.25, 0.3) is 5.91 Å². The van der Waals surface area contributed by atoms with Gasteiger partial charge >= 0.3 is 6.18 Å². The van der Waals surface area contributed by atoms with Crippen molar-refractivity contribution in [2.45, 2.75) is 62.6 Å². The lowest BCUT2D eigenvalue weighted by Crippen LogP contribution is -2.48. The predicted molar refractivity (Wildman–Crippen MR) is 133 cm³/mol. The van der Waals surface area contributed by atoms with Crippen LogP contribution in [-0.4, -0.2) is 71.2 Å². The molecule has 0 unspecified atom stereocenters. The fraction of sp³-hybridized carbons (Fsp3) is 0.519. The van der Waals surface area contributed by atoms with Gasteiger partial charge in [-0.15, -0.1) is 0 Å². The highest BCUT2D eigenvalue weighted by molar-refractivity contribution is 5.96. The Kier molecular flexibility index (Phi) is 8.69. The van der Waals surface area contributed by atoms with E-state index in [1.807, 2.05) is 25.1 Å². The van der Waals surface area contributed by atoms with Crippen LogP contribution in [0.5, 0.6) is 0 Å². The van der Waals surface area contributed by atoms with Gasteiger partial charge < -0.3 is 20.5 Å². The Bertz CT molecular complexity index is 1110. The first-order valence-corrected chi connectivity index (χ1v) is 12.8. The Morgan fingerprint density at radius 2 is 1.92 bits per heavy atom. The molecule has 0 bridgehead atoms. The van der Waals surface area contributed by atoms with Crippen LogP contribution < -0.4 is 10.6 Å². The molecule has 3 N–H and O–H groups in total. The highest BCUT2D eigenvalue weighted by Crippen LogP contribution is 2.38. The Morgan fingerprint density at radius 3 is 2.58 bits per heavy atom. The van der Waals surface area contributed by atoms with E-state index >= 15 is 0 Å². The van der Waals surface area contributed by atoms with Crippen LogP contribution in [0.2, 0.25) is 0 Å². The maximum atomic E-state index is 12.9. The smallest absolute Gasteiger partial charge is 0.384 e. The lowest BCUT2D eigenvalue weighted by atomic mass is 9.79. The van der Waals surface area contributed by atoms with Gasteiger partial charge in [-0.25, -0.2) is 0 Å². The van der Waals surface area contributed by atoms with Crippen molar-refractivity contribution < 1.29 is 32.6 Å². The van der Waals surface area contributed by atoms with Crippen LogP contribution in [0.25, 0.3) is 0 Å². The number of aromatic nitrogens is 1. The van der Waals surface area contributed by atoms with Gasteiger partial charge in [0.2, 0.25) is 5.91 Å². The van der Waals surface area contributed by atoms with Crippen molar-refractivity contribution in [1.82, 2.24) is 20.5 Å². The molecular formula is C27H33F3N4O4. The number of hydrogen-bond acceptors (Lipinski definition) is 6. The molecule has 0 radical (unpaired) electrons. The van der Waals surface area contributed by atoms with Gasteiger partial charge in [0.15, 0.2) is 0 Å². The number of aliphatic hydroxyl groups is 1. The minimum absolute atomic E-state index is 0.171. The Labute approximate surface area is 219 Å². The fourth-order valence-electron chi connectivity index (χ4n) is 5.32. The number of carbonyl (C=O) groups excluding carboxylic acids is 2. The quantitative estimate of drug-likeness (QED) is 0.481. The van der Waals surface area contributed by atoms with E-state index in [0.29, 0.717) is 38.2 Å². The number of nitrogens with zero attached hydrogens (tertiary/aromatic N) is 2. The monoisotopic (exact) mass is 534 g/mol. The number of likely N-dealkylation sites (tertiary alicyclic amines) is 1. The number of alkyl halides is 3. The van der Waals surface area contributed by atoms with E-state index in [-0.39, 0.29) is 30.3 Å². The van der Waals surface area contributed by atoms with E-state index in [1.165, 1.54) is 6.07 Å². The van der Waals surface area contributed by atoms with Crippen molar-refractivity contribution in [3.05, 3.63) is 65.5 Å². The zero-order chi connectivity index (χ0) is 27.3. The first kappa shape index (κ1) is 28.0. The second-order valence-electron chi connectivity index (χ2n) is 9.86. The average molecular weight is 535 g/mol. The first-order valence-electron chi connectivity index (χ1n) is 12.8. The molecular weight excluding hydrogens is 501 g/mol. The standard InChI is InChI=1S/C27H33F3N4O4/c1-2-38-22-17-34(20-9-11-26(37,12-10-20)23-8-3-4-13-31-23)16-21(22)33-24(35)15-32-25(36)18-6-5-7-19(14-18)27(28,29)30/h3-8,13-14,20-22,37H,2,9-12,15-17H2,1H3,(H,32,36)(H,33,35)/t20?,21-,22-,26?/m0/s1. The zero-order valence-corrected chi connectivity index (χ0v) is 21.2. The molecule has 2 atom stereocenters. The van der Waals surface area contributed by atoms with Crippen molar-refractivity contribution in [2.24, 2.45) is 0 Å². The largest absolute Gasteiger partial charge is 0.416 e. The number of rotatable bonds is 8. The predicted octanol–water partition coefficient (Wildman–Crippen LogP) is 2.87. The van der Waals surface area contributed by atoms with Crippen LogP contribution in [0.3, 0.4) is 0 Å². The van der Waals surface area contributed by atoms with E-state index in [4.69, 9.17) is 4.74 Å². The van der Waals surface area contributed by atoms with Gasteiger partial charge in [-0.3, -0.25) is 19.5 Å². The third-order valence-electron chi connectivity index (χ3n) is 7.32. The zero-order valence-electron chi connectivity index (χ0n) is 21.2.